The fourth-order valence-electron chi connectivity index (χ4n) is 2.41. The van der Waals surface area contributed by atoms with E-state index in [1.807, 2.05) is 13.0 Å². The van der Waals surface area contributed by atoms with Crippen LogP contribution < -0.4 is 5.32 Å². The van der Waals surface area contributed by atoms with Crippen LogP contribution in [-0.2, 0) is 4.79 Å². The Kier molecular flexibility index (Phi) is 6.27. The smallest absolute Gasteiger partial charge is 0.249 e. The van der Waals surface area contributed by atoms with Crippen molar-refractivity contribution in [2.75, 3.05) is 19.6 Å². The van der Waals surface area contributed by atoms with Crippen molar-refractivity contribution in [1.82, 2.24) is 10.2 Å². The average Bonchev–Trinajstić information content (AvgIpc) is 2.36. The lowest BCUT2D eigenvalue weighted by atomic mass is 10.0. The molecule has 1 heterocycles. The molecule has 1 rings (SSSR count). The van der Waals surface area contributed by atoms with Gasteiger partial charge >= 0.3 is 0 Å². The van der Waals surface area contributed by atoms with Gasteiger partial charge in [-0.25, -0.2) is 0 Å². The van der Waals surface area contributed by atoms with Gasteiger partial charge in [0.05, 0.1) is 0 Å². The van der Waals surface area contributed by atoms with E-state index in [2.05, 4.69) is 24.1 Å². The first-order valence-corrected chi connectivity index (χ1v) is 6.89. The maximum absolute atomic E-state index is 12.4. The highest BCUT2D eigenvalue weighted by molar-refractivity contribution is 5.93. The number of carbonyl (C=O) groups is 1. The highest BCUT2D eigenvalue weighted by Crippen LogP contribution is 2.14. The summed E-state index contributed by atoms with van der Waals surface area (Å²) in [6.45, 7) is 9.06. The zero-order valence-corrected chi connectivity index (χ0v) is 11.5. The molecule has 0 aromatic rings. The molecule has 0 spiro atoms. The van der Waals surface area contributed by atoms with Crippen LogP contribution >= 0.6 is 0 Å². The zero-order chi connectivity index (χ0) is 12.7. The van der Waals surface area contributed by atoms with Gasteiger partial charge in [0.1, 0.15) is 0 Å². The van der Waals surface area contributed by atoms with Crippen LogP contribution in [0.15, 0.2) is 11.6 Å². The number of carbonyl (C=O) groups excluding carboxylic acids is 1. The molecule has 3 heteroatoms. The minimum Gasteiger partial charge on any atom is -0.335 e. The molecule has 0 saturated carbocycles. The van der Waals surface area contributed by atoms with Gasteiger partial charge in [0.25, 0.3) is 0 Å². The molecule has 1 N–H and O–H groups in total. The summed E-state index contributed by atoms with van der Waals surface area (Å²) in [7, 11) is 0. The van der Waals surface area contributed by atoms with E-state index in [4.69, 9.17) is 0 Å². The minimum atomic E-state index is 0.224. The monoisotopic (exact) mass is 238 g/mol. The molecule has 98 valence electrons. The maximum atomic E-state index is 12.4. The van der Waals surface area contributed by atoms with Crippen molar-refractivity contribution in [2.45, 2.75) is 52.5 Å². The fraction of sp³-hybridized carbons (Fsp3) is 0.786. The second kappa shape index (κ2) is 7.49. The van der Waals surface area contributed by atoms with Crippen LogP contribution in [0.3, 0.4) is 0 Å². The Labute approximate surface area is 105 Å². The second-order valence-electron chi connectivity index (χ2n) is 4.79. The van der Waals surface area contributed by atoms with Crippen LogP contribution in [0.1, 0.15) is 46.5 Å². The molecular weight excluding hydrogens is 212 g/mol. The van der Waals surface area contributed by atoms with Crippen molar-refractivity contribution in [3.05, 3.63) is 11.6 Å². The summed E-state index contributed by atoms with van der Waals surface area (Å²) in [4.78, 5) is 14.4. The van der Waals surface area contributed by atoms with Crippen LogP contribution in [0, 0.1) is 0 Å². The summed E-state index contributed by atoms with van der Waals surface area (Å²) in [5.74, 6) is 0.224. The number of piperidine rings is 1. The van der Waals surface area contributed by atoms with Crippen molar-refractivity contribution in [3.63, 3.8) is 0 Å². The van der Waals surface area contributed by atoms with Gasteiger partial charge in [0.15, 0.2) is 0 Å². The van der Waals surface area contributed by atoms with Gasteiger partial charge in [-0.1, -0.05) is 19.9 Å². The first-order chi connectivity index (χ1) is 8.20. The Hall–Kier alpha value is -0.830. The van der Waals surface area contributed by atoms with Gasteiger partial charge in [0, 0.05) is 24.7 Å². The lowest BCUT2D eigenvalue weighted by Gasteiger charge is -2.35. The van der Waals surface area contributed by atoms with Crippen molar-refractivity contribution in [3.8, 4) is 0 Å². The molecule has 0 aromatic carbocycles. The molecular formula is C14H26N2O. The largest absolute Gasteiger partial charge is 0.335 e. The summed E-state index contributed by atoms with van der Waals surface area (Å²) in [5, 5.41) is 3.39. The summed E-state index contributed by atoms with van der Waals surface area (Å²) in [5.41, 5.74) is 0.895. The number of amides is 1. The van der Waals surface area contributed by atoms with Crippen LogP contribution in [0.5, 0.6) is 0 Å². The Balaban J connectivity index is 2.69. The molecule has 0 aliphatic carbocycles. The lowest BCUT2D eigenvalue weighted by molar-refractivity contribution is -0.129. The second-order valence-corrected chi connectivity index (χ2v) is 4.79. The Bertz CT molecular complexity index is 267. The summed E-state index contributed by atoms with van der Waals surface area (Å²) in [6.07, 6.45) is 6.30. The maximum Gasteiger partial charge on any atom is 0.249 e. The normalized spacial score (nSPS) is 21.4. The third kappa shape index (κ3) is 4.15. The van der Waals surface area contributed by atoms with Crippen molar-refractivity contribution in [2.24, 2.45) is 0 Å². The van der Waals surface area contributed by atoms with Crippen molar-refractivity contribution in [1.29, 1.82) is 0 Å². The molecule has 1 fully saturated rings. The van der Waals surface area contributed by atoms with E-state index in [0.29, 0.717) is 6.04 Å². The number of hydrogen-bond acceptors (Lipinski definition) is 2. The Morgan fingerprint density at radius 3 is 2.76 bits per heavy atom. The van der Waals surface area contributed by atoms with Gasteiger partial charge in [-0.3, -0.25) is 4.79 Å². The molecule has 1 aliphatic rings. The molecule has 1 atom stereocenters. The minimum absolute atomic E-state index is 0.224. The van der Waals surface area contributed by atoms with Crippen LogP contribution in [0.4, 0.5) is 0 Å². The highest BCUT2D eigenvalue weighted by atomic mass is 16.2. The average molecular weight is 238 g/mol. The first kappa shape index (κ1) is 14.2. The molecule has 1 saturated heterocycles. The molecule has 1 aliphatic heterocycles. The fourth-order valence-corrected chi connectivity index (χ4v) is 2.41. The van der Waals surface area contributed by atoms with E-state index in [0.717, 1.165) is 44.5 Å². The topological polar surface area (TPSA) is 32.3 Å². The number of allylic oxidation sites excluding steroid dienone is 1. The predicted molar refractivity (Wildman–Crippen MR) is 71.9 cm³/mol. The third-order valence-electron chi connectivity index (χ3n) is 3.28. The van der Waals surface area contributed by atoms with Crippen molar-refractivity contribution >= 4 is 5.91 Å². The SMILES string of the molecule is CCC=C(C)C(=O)N(CCC)C1CCCNC1. The Morgan fingerprint density at radius 2 is 2.24 bits per heavy atom. The van der Waals surface area contributed by atoms with E-state index >= 15 is 0 Å². The Morgan fingerprint density at radius 1 is 1.47 bits per heavy atom. The molecule has 0 aromatic heterocycles. The van der Waals surface area contributed by atoms with E-state index in [9.17, 15) is 4.79 Å². The molecule has 1 unspecified atom stereocenters. The van der Waals surface area contributed by atoms with E-state index in [-0.39, 0.29) is 5.91 Å². The van der Waals surface area contributed by atoms with E-state index < -0.39 is 0 Å². The summed E-state index contributed by atoms with van der Waals surface area (Å²) >= 11 is 0. The molecule has 17 heavy (non-hydrogen) atoms. The summed E-state index contributed by atoms with van der Waals surface area (Å²) in [6, 6.07) is 0.386. The standard InChI is InChI=1S/C14H26N2O/c1-4-7-12(3)14(17)16(10-5-2)13-8-6-9-15-11-13/h7,13,15H,4-6,8-11H2,1-3H3. The number of nitrogens with one attached hydrogen (secondary N) is 1. The lowest BCUT2D eigenvalue weighted by Crippen LogP contribution is -2.49. The number of hydrogen-bond donors (Lipinski definition) is 1. The first-order valence-electron chi connectivity index (χ1n) is 6.89. The van der Waals surface area contributed by atoms with Crippen LogP contribution in [0.2, 0.25) is 0 Å². The third-order valence-corrected chi connectivity index (χ3v) is 3.28. The van der Waals surface area contributed by atoms with Crippen LogP contribution in [-0.4, -0.2) is 36.5 Å². The van der Waals surface area contributed by atoms with Gasteiger partial charge in [-0.2, -0.15) is 0 Å². The van der Waals surface area contributed by atoms with Gasteiger partial charge in [-0.05, 0) is 39.2 Å². The molecule has 1 amide bonds. The van der Waals surface area contributed by atoms with E-state index in [1.165, 1.54) is 6.42 Å². The molecule has 3 nitrogen and oxygen atoms in total. The highest BCUT2D eigenvalue weighted by Gasteiger charge is 2.24. The molecule has 0 radical (unpaired) electrons. The van der Waals surface area contributed by atoms with Gasteiger partial charge < -0.3 is 10.2 Å². The number of nitrogens with zero attached hydrogens (tertiary/aromatic N) is 1. The van der Waals surface area contributed by atoms with Crippen LogP contribution in [0.25, 0.3) is 0 Å². The zero-order valence-electron chi connectivity index (χ0n) is 11.5. The number of rotatable bonds is 5. The van der Waals surface area contributed by atoms with E-state index in [1.54, 1.807) is 0 Å². The van der Waals surface area contributed by atoms with Gasteiger partial charge in [-0.15, -0.1) is 0 Å². The quantitative estimate of drug-likeness (QED) is 0.746. The van der Waals surface area contributed by atoms with Crippen molar-refractivity contribution < 1.29 is 4.79 Å². The summed E-state index contributed by atoms with van der Waals surface area (Å²) < 4.78 is 0. The van der Waals surface area contributed by atoms with Gasteiger partial charge in [0.2, 0.25) is 5.91 Å². The predicted octanol–water partition coefficient (Wildman–Crippen LogP) is 2.33. The molecule has 0 bridgehead atoms.